The fourth-order valence-corrected chi connectivity index (χ4v) is 3.68. The Morgan fingerprint density at radius 3 is 2.77 bits per heavy atom. The van der Waals surface area contributed by atoms with Crippen molar-refractivity contribution in [2.24, 2.45) is 0 Å². The van der Waals surface area contributed by atoms with Gasteiger partial charge in [-0.1, -0.05) is 15.9 Å². The normalized spacial score (nSPS) is 17.9. The highest BCUT2D eigenvalue weighted by atomic mass is 79.9. The zero-order valence-corrected chi connectivity index (χ0v) is 15.2. The molecule has 1 aromatic rings. The SMILES string of the molecule is COc1cc(Br)c(CNC(=O)CC2CSCCN2)cc1OC. The number of nitrogens with one attached hydrogen (secondary N) is 2. The Morgan fingerprint density at radius 2 is 2.14 bits per heavy atom. The van der Waals surface area contributed by atoms with Crippen LogP contribution in [-0.4, -0.2) is 44.2 Å². The van der Waals surface area contributed by atoms with E-state index in [9.17, 15) is 4.79 Å². The molecule has 0 aliphatic carbocycles. The highest BCUT2D eigenvalue weighted by molar-refractivity contribution is 9.10. The van der Waals surface area contributed by atoms with Crippen LogP contribution in [0.1, 0.15) is 12.0 Å². The molecular formula is C15H21BrN2O3S. The van der Waals surface area contributed by atoms with Gasteiger partial charge in [-0.05, 0) is 17.7 Å². The number of rotatable bonds is 6. The molecule has 0 bridgehead atoms. The van der Waals surface area contributed by atoms with Crippen molar-refractivity contribution in [3.63, 3.8) is 0 Å². The summed E-state index contributed by atoms with van der Waals surface area (Å²) in [5, 5.41) is 6.33. The summed E-state index contributed by atoms with van der Waals surface area (Å²) in [6, 6.07) is 3.99. The molecule has 0 aromatic heterocycles. The first-order valence-electron chi connectivity index (χ1n) is 7.12. The van der Waals surface area contributed by atoms with Crippen LogP contribution in [0, 0.1) is 0 Å². The molecule has 1 aromatic carbocycles. The number of carbonyl (C=O) groups is 1. The highest BCUT2D eigenvalue weighted by Crippen LogP contribution is 2.33. The monoisotopic (exact) mass is 388 g/mol. The number of benzene rings is 1. The van der Waals surface area contributed by atoms with Gasteiger partial charge in [0.2, 0.25) is 5.91 Å². The molecule has 1 atom stereocenters. The van der Waals surface area contributed by atoms with Gasteiger partial charge in [0.1, 0.15) is 0 Å². The number of ether oxygens (including phenoxy) is 2. The molecule has 1 aliphatic heterocycles. The Labute approximate surface area is 143 Å². The predicted octanol–water partition coefficient (Wildman–Crippen LogP) is 2.18. The average molecular weight is 389 g/mol. The molecule has 1 fully saturated rings. The number of thioether (sulfide) groups is 1. The quantitative estimate of drug-likeness (QED) is 0.781. The minimum absolute atomic E-state index is 0.0571. The van der Waals surface area contributed by atoms with Gasteiger partial charge in [0.05, 0.1) is 14.2 Å². The van der Waals surface area contributed by atoms with Crippen molar-refractivity contribution in [1.29, 1.82) is 0 Å². The summed E-state index contributed by atoms with van der Waals surface area (Å²) < 4.78 is 11.4. The zero-order chi connectivity index (χ0) is 15.9. The molecule has 2 N–H and O–H groups in total. The maximum absolute atomic E-state index is 12.0. The molecule has 122 valence electrons. The molecule has 1 unspecified atom stereocenters. The lowest BCUT2D eigenvalue weighted by atomic mass is 10.2. The third kappa shape index (κ3) is 4.79. The van der Waals surface area contributed by atoms with Gasteiger partial charge in [-0.25, -0.2) is 0 Å². The van der Waals surface area contributed by atoms with Crippen LogP contribution >= 0.6 is 27.7 Å². The van der Waals surface area contributed by atoms with Gasteiger partial charge in [0.15, 0.2) is 11.5 Å². The minimum Gasteiger partial charge on any atom is -0.493 e. The van der Waals surface area contributed by atoms with E-state index in [1.54, 1.807) is 14.2 Å². The second-order valence-corrected chi connectivity index (χ2v) is 7.01. The predicted molar refractivity (Wildman–Crippen MR) is 92.8 cm³/mol. The van der Waals surface area contributed by atoms with Crippen molar-refractivity contribution < 1.29 is 14.3 Å². The summed E-state index contributed by atoms with van der Waals surface area (Å²) in [5.41, 5.74) is 0.956. The van der Waals surface area contributed by atoms with Crippen LogP contribution in [0.3, 0.4) is 0 Å². The highest BCUT2D eigenvalue weighted by Gasteiger charge is 2.17. The van der Waals surface area contributed by atoms with Crippen molar-refractivity contribution in [1.82, 2.24) is 10.6 Å². The molecule has 0 saturated carbocycles. The third-order valence-corrected chi connectivity index (χ3v) is 5.33. The number of hydrogen-bond acceptors (Lipinski definition) is 5. The van der Waals surface area contributed by atoms with E-state index in [1.165, 1.54) is 0 Å². The van der Waals surface area contributed by atoms with Crippen molar-refractivity contribution >= 4 is 33.6 Å². The Kier molecular flexibility index (Phi) is 6.85. The van der Waals surface area contributed by atoms with Crippen molar-refractivity contribution in [2.45, 2.75) is 19.0 Å². The fourth-order valence-electron chi connectivity index (χ4n) is 2.27. The molecule has 7 heteroatoms. The molecule has 1 heterocycles. The topological polar surface area (TPSA) is 59.6 Å². The molecule has 1 aliphatic rings. The third-order valence-electron chi connectivity index (χ3n) is 3.46. The summed E-state index contributed by atoms with van der Waals surface area (Å²) in [5.74, 6) is 3.49. The maximum Gasteiger partial charge on any atom is 0.221 e. The molecule has 22 heavy (non-hydrogen) atoms. The first kappa shape index (κ1) is 17.4. The Bertz CT molecular complexity index is 522. The molecule has 0 radical (unpaired) electrons. The number of methoxy groups -OCH3 is 2. The van der Waals surface area contributed by atoms with Crippen LogP contribution in [0.4, 0.5) is 0 Å². The lowest BCUT2D eigenvalue weighted by Gasteiger charge is -2.22. The van der Waals surface area contributed by atoms with Crippen LogP contribution < -0.4 is 20.1 Å². The first-order valence-corrected chi connectivity index (χ1v) is 9.07. The van der Waals surface area contributed by atoms with E-state index in [1.807, 2.05) is 23.9 Å². The molecule has 0 spiro atoms. The number of carbonyl (C=O) groups excluding carboxylic acids is 1. The lowest BCUT2D eigenvalue weighted by molar-refractivity contribution is -0.121. The maximum atomic E-state index is 12.0. The van der Waals surface area contributed by atoms with Gasteiger partial charge >= 0.3 is 0 Å². The number of halogens is 1. The standard InChI is InChI=1S/C15H21BrN2O3S/c1-20-13-5-10(12(16)7-14(13)21-2)8-18-15(19)6-11-9-22-4-3-17-11/h5,7,11,17H,3-4,6,8-9H2,1-2H3,(H,18,19). The molecule has 5 nitrogen and oxygen atoms in total. The number of hydrogen-bond donors (Lipinski definition) is 2. The van der Waals surface area contributed by atoms with Crippen LogP contribution in [0.5, 0.6) is 11.5 Å². The van der Waals surface area contributed by atoms with Crippen LogP contribution in [0.2, 0.25) is 0 Å². The van der Waals surface area contributed by atoms with E-state index in [0.29, 0.717) is 24.5 Å². The van der Waals surface area contributed by atoms with Gasteiger partial charge in [-0.3, -0.25) is 4.79 Å². The van der Waals surface area contributed by atoms with Gasteiger partial charge in [0.25, 0.3) is 0 Å². The van der Waals surface area contributed by atoms with E-state index >= 15 is 0 Å². The van der Waals surface area contributed by atoms with Gasteiger partial charge in [0, 0.05) is 41.5 Å². The van der Waals surface area contributed by atoms with Crippen molar-refractivity contribution in [2.75, 3.05) is 32.3 Å². The second-order valence-electron chi connectivity index (χ2n) is 5.01. The van der Waals surface area contributed by atoms with Crippen LogP contribution in [0.15, 0.2) is 16.6 Å². The Balaban J connectivity index is 1.91. The summed E-state index contributed by atoms with van der Waals surface area (Å²) in [6.07, 6.45) is 0.512. The second kappa shape index (κ2) is 8.64. The minimum atomic E-state index is 0.0571. The van der Waals surface area contributed by atoms with Crippen LogP contribution in [0.25, 0.3) is 0 Å². The van der Waals surface area contributed by atoms with E-state index in [4.69, 9.17) is 9.47 Å². The van der Waals surface area contributed by atoms with Gasteiger partial charge < -0.3 is 20.1 Å². The molecule has 2 rings (SSSR count). The molecule has 1 saturated heterocycles. The first-order chi connectivity index (χ1) is 10.6. The zero-order valence-electron chi connectivity index (χ0n) is 12.8. The van der Waals surface area contributed by atoms with Crippen molar-refractivity contribution in [3.8, 4) is 11.5 Å². The largest absolute Gasteiger partial charge is 0.493 e. The lowest BCUT2D eigenvalue weighted by Crippen LogP contribution is -2.41. The summed E-state index contributed by atoms with van der Waals surface area (Å²) in [7, 11) is 3.20. The van der Waals surface area contributed by atoms with Gasteiger partial charge in [-0.2, -0.15) is 11.8 Å². The number of amides is 1. The smallest absolute Gasteiger partial charge is 0.221 e. The van der Waals surface area contributed by atoms with Crippen LogP contribution in [-0.2, 0) is 11.3 Å². The summed E-state index contributed by atoms with van der Waals surface area (Å²) in [6.45, 7) is 1.43. The molecular weight excluding hydrogens is 368 g/mol. The Hall–Kier alpha value is -0.920. The van der Waals surface area contributed by atoms with E-state index < -0.39 is 0 Å². The van der Waals surface area contributed by atoms with E-state index in [2.05, 4.69) is 26.6 Å². The van der Waals surface area contributed by atoms with Gasteiger partial charge in [-0.15, -0.1) is 0 Å². The molecule has 1 amide bonds. The van der Waals surface area contributed by atoms with E-state index in [0.717, 1.165) is 28.1 Å². The van der Waals surface area contributed by atoms with Crippen molar-refractivity contribution in [3.05, 3.63) is 22.2 Å². The Morgan fingerprint density at radius 1 is 1.41 bits per heavy atom. The van der Waals surface area contributed by atoms with E-state index in [-0.39, 0.29) is 11.9 Å². The average Bonchev–Trinajstić information content (AvgIpc) is 2.54. The fraction of sp³-hybridized carbons (Fsp3) is 0.533. The summed E-state index contributed by atoms with van der Waals surface area (Å²) in [4.78, 5) is 12.0. The summed E-state index contributed by atoms with van der Waals surface area (Å²) >= 11 is 5.39.